The van der Waals surface area contributed by atoms with Crippen molar-refractivity contribution in [3.8, 4) is 17.1 Å². The quantitative estimate of drug-likeness (QED) is 0.166. The van der Waals surface area contributed by atoms with Crippen molar-refractivity contribution < 1.29 is 4.79 Å². The maximum absolute atomic E-state index is 13.5. The first-order chi connectivity index (χ1) is 22.2. The zero-order chi connectivity index (χ0) is 30.4. The highest BCUT2D eigenvalue weighted by Crippen LogP contribution is 2.32. The monoisotopic (exact) mass is 629 g/mol. The molecular weight excluding hydrogens is 599 g/mol. The van der Waals surface area contributed by atoms with Gasteiger partial charge >= 0.3 is 0 Å². The van der Waals surface area contributed by atoms with Gasteiger partial charge in [-0.05, 0) is 35.4 Å². The summed E-state index contributed by atoms with van der Waals surface area (Å²) in [5.74, 6) is 1.33. The van der Waals surface area contributed by atoms with Crippen molar-refractivity contribution in [1.29, 1.82) is 0 Å². The Morgan fingerprint density at radius 2 is 1.40 bits per heavy atom. The Bertz CT molecular complexity index is 1800. The summed E-state index contributed by atoms with van der Waals surface area (Å²) in [7, 11) is 0. The number of nitrogens with zero attached hydrogens (tertiary/aromatic N) is 7. The number of carbonyl (C=O) groups excluding carboxylic acids is 1. The second kappa shape index (κ2) is 13.6. The van der Waals surface area contributed by atoms with Crippen molar-refractivity contribution in [3.63, 3.8) is 0 Å². The van der Waals surface area contributed by atoms with Gasteiger partial charge in [-0.25, -0.2) is 4.98 Å². The molecule has 0 radical (unpaired) electrons. The molecule has 0 aliphatic carbocycles. The van der Waals surface area contributed by atoms with Crippen LogP contribution in [0, 0.1) is 0 Å². The molecule has 224 valence electrons. The van der Waals surface area contributed by atoms with Gasteiger partial charge in [-0.1, -0.05) is 90.6 Å². The lowest BCUT2D eigenvalue weighted by Gasteiger charge is -2.39. The number of thioether (sulfide) groups is 1. The number of carbonyl (C=O) groups is 1. The highest BCUT2D eigenvalue weighted by Gasteiger charge is 2.29. The van der Waals surface area contributed by atoms with Gasteiger partial charge in [-0.3, -0.25) is 19.2 Å². The molecule has 3 aromatic heterocycles. The number of para-hydroxylation sites is 1. The van der Waals surface area contributed by atoms with Crippen LogP contribution in [0.3, 0.4) is 0 Å². The molecule has 3 aromatic carbocycles. The maximum Gasteiger partial charge on any atom is 0.273 e. The van der Waals surface area contributed by atoms with Crippen LogP contribution in [0.4, 0.5) is 0 Å². The summed E-state index contributed by atoms with van der Waals surface area (Å²) in [4.78, 5) is 26.8. The minimum atomic E-state index is -0.00875. The molecule has 8 nitrogen and oxygen atoms in total. The van der Waals surface area contributed by atoms with Crippen molar-refractivity contribution in [2.45, 2.75) is 17.0 Å². The summed E-state index contributed by atoms with van der Waals surface area (Å²) < 4.78 is 2.05. The summed E-state index contributed by atoms with van der Waals surface area (Å²) in [6, 6.07) is 35.3. The number of benzene rings is 3. The third-order valence-corrected chi connectivity index (χ3v) is 9.85. The molecule has 1 aliphatic heterocycles. The highest BCUT2D eigenvalue weighted by molar-refractivity contribution is 7.98. The number of hydrogen-bond acceptors (Lipinski definition) is 8. The van der Waals surface area contributed by atoms with Crippen molar-refractivity contribution in [1.82, 2.24) is 34.5 Å². The molecule has 0 spiro atoms. The predicted molar refractivity (Wildman–Crippen MR) is 178 cm³/mol. The summed E-state index contributed by atoms with van der Waals surface area (Å²) >= 11 is 3.07. The van der Waals surface area contributed by atoms with E-state index in [4.69, 9.17) is 4.98 Å². The Kier molecular flexibility index (Phi) is 8.76. The van der Waals surface area contributed by atoms with Gasteiger partial charge < -0.3 is 4.90 Å². The van der Waals surface area contributed by atoms with E-state index >= 15 is 0 Å². The highest BCUT2D eigenvalue weighted by atomic mass is 32.2. The van der Waals surface area contributed by atoms with Gasteiger partial charge in [0.2, 0.25) is 0 Å². The SMILES string of the molecule is O=C(c1csc(CSc2nnc(-c3ccncc3)n2-c2ccccc2)n1)N1CCN(C(c2ccccc2)c2ccccc2)CC1. The van der Waals surface area contributed by atoms with E-state index < -0.39 is 0 Å². The standard InChI is InChI=1S/C35H31N7OS2/c43-34(41-22-20-40(21-23-41)32(26-10-4-1-5-11-26)27-12-6-2-7-13-27)30-24-44-31(37-30)25-45-35-39-38-33(28-16-18-36-19-17-28)42(35)29-14-8-3-9-15-29/h1-19,24,32H,20-23,25H2. The molecule has 0 saturated carbocycles. The lowest BCUT2D eigenvalue weighted by molar-refractivity contribution is 0.0592. The Morgan fingerprint density at radius 1 is 0.778 bits per heavy atom. The normalized spacial score (nSPS) is 13.8. The van der Waals surface area contributed by atoms with Crippen LogP contribution in [-0.2, 0) is 5.75 Å². The molecule has 45 heavy (non-hydrogen) atoms. The second-order valence-electron chi connectivity index (χ2n) is 10.7. The molecule has 0 atom stereocenters. The van der Waals surface area contributed by atoms with Crippen molar-refractivity contribution in [3.05, 3.63) is 143 Å². The minimum Gasteiger partial charge on any atom is -0.335 e. The fraction of sp³-hybridized carbons (Fsp3) is 0.171. The number of pyridine rings is 1. The Balaban J connectivity index is 1.02. The molecule has 1 aliphatic rings. The first-order valence-corrected chi connectivity index (χ1v) is 16.7. The number of aromatic nitrogens is 5. The molecule has 1 amide bonds. The summed E-state index contributed by atoms with van der Waals surface area (Å²) in [5.41, 5.74) is 4.96. The van der Waals surface area contributed by atoms with Gasteiger partial charge in [0.25, 0.3) is 5.91 Å². The topological polar surface area (TPSA) is 80.0 Å². The van der Waals surface area contributed by atoms with E-state index in [9.17, 15) is 4.79 Å². The smallest absolute Gasteiger partial charge is 0.273 e. The van der Waals surface area contributed by atoms with E-state index in [-0.39, 0.29) is 11.9 Å². The van der Waals surface area contributed by atoms with E-state index in [1.54, 1.807) is 24.2 Å². The number of rotatable bonds is 9. The van der Waals surface area contributed by atoms with Crippen LogP contribution in [0.25, 0.3) is 17.1 Å². The molecule has 1 fully saturated rings. The minimum absolute atomic E-state index is 0.00875. The molecule has 6 aromatic rings. The third-order valence-electron chi connectivity index (χ3n) is 7.88. The zero-order valence-corrected chi connectivity index (χ0v) is 26.1. The van der Waals surface area contributed by atoms with Gasteiger partial charge in [0.05, 0.1) is 11.8 Å². The first kappa shape index (κ1) is 29.1. The lowest BCUT2D eigenvalue weighted by atomic mass is 9.96. The summed E-state index contributed by atoms with van der Waals surface area (Å²) in [5, 5.41) is 12.5. The van der Waals surface area contributed by atoms with Crippen LogP contribution in [0.1, 0.15) is 32.7 Å². The zero-order valence-electron chi connectivity index (χ0n) is 24.5. The van der Waals surface area contributed by atoms with Crippen LogP contribution >= 0.6 is 23.1 Å². The Labute approximate surface area is 270 Å². The third kappa shape index (κ3) is 6.44. The van der Waals surface area contributed by atoms with Crippen LogP contribution in [0.15, 0.2) is 126 Å². The fourth-order valence-corrected chi connectivity index (χ4v) is 7.43. The van der Waals surface area contributed by atoms with E-state index in [1.165, 1.54) is 22.5 Å². The van der Waals surface area contributed by atoms with E-state index in [2.05, 4.69) is 85.3 Å². The average Bonchev–Trinajstić information content (AvgIpc) is 3.77. The summed E-state index contributed by atoms with van der Waals surface area (Å²) in [6.07, 6.45) is 3.51. The van der Waals surface area contributed by atoms with E-state index in [0.29, 0.717) is 24.5 Å². The van der Waals surface area contributed by atoms with Gasteiger partial charge in [0.1, 0.15) is 10.7 Å². The molecular formula is C35H31N7OS2. The molecule has 7 rings (SSSR count). The number of thiazole rings is 1. The average molecular weight is 630 g/mol. The van der Waals surface area contributed by atoms with Crippen molar-refractivity contribution in [2.75, 3.05) is 26.2 Å². The van der Waals surface area contributed by atoms with Gasteiger partial charge in [-0.2, -0.15) is 0 Å². The maximum atomic E-state index is 13.5. The Morgan fingerprint density at radius 3 is 2.04 bits per heavy atom. The van der Waals surface area contributed by atoms with Crippen LogP contribution in [-0.4, -0.2) is 66.6 Å². The molecule has 10 heteroatoms. The molecule has 4 heterocycles. The van der Waals surface area contributed by atoms with Gasteiger partial charge in [0, 0.05) is 55.2 Å². The largest absolute Gasteiger partial charge is 0.335 e. The number of amides is 1. The van der Waals surface area contributed by atoms with Crippen LogP contribution in [0.2, 0.25) is 0 Å². The lowest BCUT2D eigenvalue weighted by Crippen LogP contribution is -2.50. The van der Waals surface area contributed by atoms with Crippen molar-refractivity contribution in [2.24, 2.45) is 0 Å². The number of piperazine rings is 1. The second-order valence-corrected chi connectivity index (χ2v) is 12.6. The first-order valence-electron chi connectivity index (χ1n) is 14.9. The van der Waals surface area contributed by atoms with Crippen LogP contribution < -0.4 is 0 Å². The molecule has 0 unspecified atom stereocenters. The number of hydrogen-bond donors (Lipinski definition) is 0. The molecule has 1 saturated heterocycles. The van der Waals surface area contributed by atoms with Crippen LogP contribution in [0.5, 0.6) is 0 Å². The van der Waals surface area contributed by atoms with E-state index in [1.807, 2.05) is 52.7 Å². The van der Waals surface area contributed by atoms with Gasteiger partial charge in [0.15, 0.2) is 11.0 Å². The fourth-order valence-electron chi connectivity index (χ4n) is 5.69. The van der Waals surface area contributed by atoms with Gasteiger partial charge in [-0.15, -0.1) is 21.5 Å². The van der Waals surface area contributed by atoms with Crippen molar-refractivity contribution >= 4 is 29.0 Å². The predicted octanol–water partition coefficient (Wildman–Crippen LogP) is 6.63. The summed E-state index contributed by atoms with van der Waals surface area (Å²) in [6.45, 7) is 2.91. The Hall–Kier alpha value is -4.64. The molecule has 0 bridgehead atoms. The van der Waals surface area contributed by atoms with E-state index in [0.717, 1.165) is 40.3 Å². The molecule has 0 N–H and O–H groups in total.